The first kappa shape index (κ1) is 21.9. The number of nitrogens with zero attached hydrogens (tertiary/aromatic N) is 1. The first-order chi connectivity index (χ1) is 15.9. The first-order valence-electron chi connectivity index (χ1n) is 9.97. The van der Waals surface area contributed by atoms with Crippen molar-refractivity contribution >= 4 is 33.1 Å². The SMILES string of the molecule is O=C(Nc1ccc(S(=O)(=O)Nc2ccccc2C(=O)c2ccccc2)cc1)c1cccnc1. The van der Waals surface area contributed by atoms with Gasteiger partial charge in [-0.05, 0) is 48.5 Å². The van der Waals surface area contributed by atoms with Gasteiger partial charge in [-0.1, -0.05) is 42.5 Å². The molecule has 2 N–H and O–H groups in total. The van der Waals surface area contributed by atoms with Gasteiger partial charge in [0.2, 0.25) is 0 Å². The van der Waals surface area contributed by atoms with Crippen molar-refractivity contribution in [3.63, 3.8) is 0 Å². The number of carbonyl (C=O) groups is 2. The van der Waals surface area contributed by atoms with Crippen molar-refractivity contribution in [1.82, 2.24) is 4.98 Å². The molecule has 0 saturated carbocycles. The van der Waals surface area contributed by atoms with Crippen LogP contribution >= 0.6 is 0 Å². The van der Waals surface area contributed by atoms with E-state index in [1.807, 2.05) is 0 Å². The van der Waals surface area contributed by atoms with Crippen LogP contribution in [0.2, 0.25) is 0 Å². The number of carbonyl (C=O) groups excluding carboxylic acids is 2. The van der Waals surface area contributed by atoms with Gasteiger partial charge >= 0.3 is 0 Å². The van der Waals surface area contributed by atoms with E-state index in [1.165, 1.54) is 36.5 Å². The maximum absolute atomic E-state index is 12.9. The molecular weight excluding hydrogens is 438 g/mol. The van der Waals surface area contributed by atoms with Crippen LogP contribution in [-0.4, -0.2) is 25.1 Å². The van der Waals surface area contributed by atoms with E-state index in [0.29, 0.717) is 16.8 Å². The predicted octanol–water partition coefficient (Wildman–Crippen LogP) is 4.37. The van der Waals surface area contributed by atoms with Gasteiger partial charge < -0.3 is 5.32 Å². The van der Waals surface area contributed by atoms with Gasteiger partial charge in [-0.15, -0.1) is 0 Å². The number of sulfonamides is 1. The molecule has 33 heavy (non-hydrogen) atoms. The maximum Gasteiger partial charge on any atom is 0.261 e. The lowest BCUT2D eigenvalue weighted by Gasteiger charge is -2.13. The zero-order valence-electron chi connectivity index (χ0n) is 17.3. The molecule has 0 radical (unpaired) electrons. The number of amides is 1. The van der Waals surface area contributed by atoms with E-state index >= 15 is 0 Å². The van der Waals surface area contributed by atoms with Gasteiger partial charge in [-0.3, -0.25) is 19.3 Å². The maximum atomic E-state index is 12.9. The van der Waals surface area contributed by atoms with E-state index in [0.717, 1.165) is 0 Å². The Balaban J connectivity index is 1.53. The number of aromatic nitrogens is 1. The zero-order chi connectivity index (χ0) is 23.3. The highest BCUT2D eigenvalue weighted by Gasteiger charge is 2.19. The van der Waals surface area contributed by atoms with Crippen LogP contribution in [0.4, 0.5) is 11.4 Å². The number of hydrogen-bond acceptors (Lipinski definition) is 5. The molecule has 3 aromatic carbocycles. The summed E-state index contributed by atoms with van der Waals surface area (Å²) in [6.45, 7) is 0. The van der Waals surface area contributed by atoms with Crippen molar-refractivity contribution in [3.05, 3.63) is 120 Å². The van der Waals surface area contributed by atoms with Crippen molar-refractivity contribution in [2.24, 2.45) is 0 Å². The van der Waals surface area contributed by atoms with E-state index in [9.17, 15) is 18.0 Å². The number of hydrogen-bond donors (Lipinski definition) is 2. The Morgan fingerprint density at radius 1 is 0.727 bits per heavy atom. The largest absolute Gasteiger partial charge is 0.322 e. The fourth-order valence-corrected chi connectivity index (χ4v) is 4.22. The van der Waals surface area contributed by atoms with Gasteiger partial charge in [0.1, 0.15) is 0 Å². The van der Waals surface area contributed by atoms with Crippen molar-refractivity contribution in [3.8, 4) is 0 Å². The summed E-state index contributed by atoms with van der Waals surface area (Å²) in [5, 5.41) is 2.69. The molecule has 1 aromatic heterocycles. The van der Waals surface area contributed by atoms with Crippen molar-refractivity contribution in [2.75, 3.05) is 10.0 Å². The molecule has 0 fully saturated rings. The highest BCUT2D eigenvalue weighted by molar-refractivity contribution is 7.92. The van der Waals surface area contributed by atoms with Crippen LogP contribution < -0.4 is 10.0 Å². The molecule has 4 rings (SSSR count). The summed E-state index contributed by atoms with van der Waals surface area (Å²) >= 11 is 0. The lowest BCUT2D eigenvalue weighted by Crippen LogP contribution is -2.16. The molecule has 4 aromatic rings. The topological polar surface area (TPSA) is 105 Å². The Morgan fingerprint density at radius 2 is 1.39 bits per heavy atom. The molecule has 0 bridgehead atoms. The Hall–Kier alpha value is -4.30. The van der Waals surface area contributed by atoms with Gasteiger partial charge in [0.25, 0.3) is 15.9 Å². The second-order valence-corrected chi connectivity index (χ2v) is 8.75. The van der Waals surface area contributed by atoms with Crippen LogP contribution in [0.25, 0.3) is 0 Å². The molecule has 0 unspecified atom stereocenters. The monoisotopic (exact) mass is 457 g/mol. The average Bonchev–Trinajstić information content (AvgIpc) is 2.85. The molecule has 1 amide bonds. The summed E-state index contributed by atoms with van der Waals surface area (Å²) in [5.41, 5.74) is 1.70. The highest BCUT2D eigenvalue weighted by Crippen LogP contribution is 2.23. The summed E-state index contributed by atoms with van der Waals surface area (Å²) in [7, 11) is -3.97. The lowest BCUT2D eigenvalue weighted by molar-refractivity contribution is 0.102. The summed E-state index contributed by atoms with van der Waals surface area (Å²) in [4.78, 5) is 29.0. The minimum atomic E-state index is -3.97. The van der Waals surface area contributed by atoms with Crippen molar-refractivity contribution in [1.29, 1.82) is 0 Å². The standard InChI is InChI=1S/C25H19N3O4S/c29-24(18-7-2-1-3-8-18)22-10-4-5-11-23(22)28-33(31,32)21-14-12-20(13-15-21)27-25(30)19-9-6-16-26-17-19/h1-17,28H,(H,27,30). The zero-order valence-corrected chi connectivity index (χ0v) is 18.1. The van der Waals surface area contributed by atoms with Crippen LogP contribution in [0, 0.1) is 0 Å². The van der Waals surface area contributed by atoms with E-state index < -0.39 is 10.0 Å². The average molecular weight is 458 g/mol. The number of pyridine rings is 1. The lowest BCUT2D eigenvalue weighted by atomic mass is 10.0. The summed E-state index contributed by atoms with van der Waals surface area (Å²) in [6, 6.07) is 24.1. The van der Waals surface area contributed by atoms with Crippen LogP contribution in [-0.2, 0) is 10.0 Å². The van der Waals surface area contributed by atoms with Gasteiger partial charge in [0, 0.05) is 29.2 Å². The summed E-state index contributed by atoms with van der Waals surface area (Å²) in [5.74, 6) is -0.646. The smallest absolute Gasteiger partial charge is 0.261 e. The van der Waals surface area contributed by atoms with Crippen LogP contribution in [0.15, 0.2) is 108 Å². The van der Waals surface area contributed by atoms with Crippen LogP contribution in [0.3, 0.4) is 0 Å². The Labute approximate surface area is 191 Å². The molecule has 0 atom stereocenters. The third-order valence-electron chi connectivity index (χ3n) is 4.80. The number of nitrogens with one attached hydrogen (secondary N) is 2. The van der Waals surface area contributed by atoms with Crippen molar-refractivity contribution < 1.29 is 18.0 Å². The van der Waals surface area contributed by atoms with Gasteiger partial charge in [-0.2, -0.15) is 0 Å². The molecule has 164 valence electrons. The molecule has 8 heteroatoms. The van der Waals surface area contributed by atoms with Gasteiger partial charge in [-0.25, -0.2) is 8.42 Å². The molecular formula is C25H19N3O4S. The Kier molecular flexibility index (Phi) is 6.28. The van der Waals surface area contributed by atoms with E-state index in [-0.39, 0.29) is 27.8 Å². The second kappa shape index (κ2) is 9.46. The second-order valence-electron chi connectivity index (χ2n) is 7.07. The van der Waals surface area contributed by atoms with Gasteiger partial charge in [0.15, 0.2) is 5.78 Å². The van der Waals surface area contributed by atoms with E-state index in [4.69, 9.17) is 0 Å². The number of ketones is 1. The minimum absolute atomic E-state index is 0.0103. The first-order valence-corrected chi connectivity index (χ1v) is 11.5. The molecule has 0 aliphatic rings. The Morgan fingerprint density at radius 3 is 2.09 bits per heavy atom. The van der Waals surface area contributed by atoms with Gasteiger partial charge in [0.05, 0.1) is 16.1 Å². The fourth-order valence-electron chi connectivity index (χ4n) is 3.14. The molecule has 0 aliphatic carbocycles. The molecule has 0 aliphatic heterocycles. The highest BCUT2D eigenvalue weighted by atomic mass is 32.2. The van der Waals surface area contributed by atoms with E-state index in [2.05, 4.69) is 15.0 Å². The van der Waals surface area contributed by atoms with E-state index in [1.54, 1.807) is 66.9 Å². The van der Waals surface area contributed by atoms with Crippen molar-refractivity contribution in [2.45, 2.75) is 4.90 Å². The van der Waals surface area contributed by atoms with Crippen LogP contribution in [0.1, 0.15) is 26.3 Å². The molecule has 0 saturated heterocycles. The predicted molar refractivity (Wildman–Crippen MR) is 126 cm³/mol. The fraction of sp³-hybridized carbons (Fsp3) is 0. The van der Waals surface area contributed by atoms with Crippen LogP contribution in [0.5, 0.6) is 0 Å². The number of anilines is 2. The number of benzene rings is 3. The normalized spacial score (nSPS) is 10.9. The molecule has 7 nitrogen and oxygen atoms in total. The molecule has 0 spiro atoms. The summed E-state index contributed by atoms with van der Waals surface area (Å²) in [6.07, 6.45) is 3.00. The minimum Gasteiger partial charge on any atom is -0.322 e. The quantitative estimate of drug-likeness (QED) is 0.401. The Bertz CT molecular complexity index is 1390. The summed E-state index contributed by atoms with van der Waals surface area (Å²) < 4.78 is 28.4. The number of para-hydroxylation sites is 1. The third-order valence-corrected chi connectivity index (χ3v) is 6.18. The molecule has 1 heterocycles. The number of rotatable bonds is 7. The third kappa shape index (κ3) is 5.13.